The second-order valence-electron chi connectivity index (χ2n) is 3.21. The van der Waals surface area contributed by atoms with Crippen LogP contribution in [-0.2, 0) is 0 Å². The van der Waals surface area contributed by atoms with Gasteiger partial charge in [-0.2, -0.15) is 0 Å². The summed E-state index contributed by atoms with van der Waals surface area (Å²) in [6, 6.07) is 0. The summed E-state index contributed by atoms with van der Waals surface area (Å²) in [4.78, 5) is 0. The van der Waals surface area contributed by atoms with Gasteiger partial charge in [-0.25, -0.2) is 0 Å². The Morgan fingerprint density at radius 1 is 1.00 bits per heavy atom. The maximum absolute atomic E-state index is 12.9. The van der Waals surface area contributed by atoms with Crippen LogP contribution in [0.25, 0.3) is 0 Å². The molecule has 8 heteroatoms. The Hall–Kier alpha value is -0.0879. The molecular formula is C8H5F7Tl. The number of hydrogen-bond donors (Lipinski definition) is 0. The first-order valence-electron chi connectivity index (χ1n) is 4.12. The van der Waals surface area contributed by atoms with Crippen LogP contribution in [0.5, 0.6) is 0 Å². The molecule has 0 atom stereocenters. The normalized spacial score (nSPS) is 17.3. The van der Waals surface area contributed by atoms with Crippen molar-refractivity contribution in [2.24, 2.45) is 0 Å². The molecule has 0 aliphatic heterocycles. The summed E-state index contributed by atoms with van der Waals surface area (Å²) in [6.07, 6.45) is -2.09. The number of halogens is 7. The molecule has 0 heterocycles. The first-order valence-corrected chi connectivity index (χ1v) is 8.61. The van der Waals surface area contributed by atoms with Gasteiger partial charge in [0.25, 0.3) is 0 Å². The third-order valence-electron chi connectivity index (χ3n) is 1.94. The molecule has 1 rings (SSSR count). The van der Waals surface area contributed by atoms with E-state index in [-0.39, 0.29) is 9.55 Å². The van der Waals surface area contributed by atoms with E-state index in [2.05, 4.69) is 0 Å². The summed E-state index contributed by atoms with van der Waals surface area (Å²) in [7, 11) is 0. The molecular weight excluding hydrogens is 433 g/mol. The summed E-state index contributed by atoms with van der Waals surface area (Å²) in [6.45, 7) is 0. The van der Waals surface area contributed by atoms with Crippen molar-refractivity contribution in [3.05, 3.63) is 21.4 Å². The van der Waals surface area contributed by atoms with Gasteiger partial charge in [0, 0.05) is 0 Å². The second-order valence-corrected chi connectivity index (χ2v) is 10.0. The van der Waals surface area contributed by atoms with E-state index in [1.165, 1.54) is 18.2 Å². The van der Waals surface area contributed by atoms with Crippen LogP contribution in [0.2, 0.25) is 0 Å². The van der Waals surface area contributed by atoms with E-state index in [4.69, 9.17) is 0 Å². The van der Waals surface area contributed by atoms with Crippen LogP contribution in [0.15, 0.2) is 21.4 Å². The van der Waals surface area contributed by atoms with Gasteiger partial charge in [-0.3, -0.25) is 0 Å². The average molecular weight is 438 g/mol. The first kappa shape index (κ1) is 14.0. The molecule has 0 aromatic rings. The first-order chi connectivity index (χ1) is 7.08. The summed E-state index contributed by atoms with van der Waals surface area (Å²) in [5, 5.41) is 0. The van der Waals surface area contributed by atoms with E-state index in [9.17, 15) is 30.7 Å². The molecule has 0 bridgehead atoms. The van der Waals surface area contributed by atoms with Crippen molar-refractivity contribution in [2.45, 2.75) is 22.0 Å². The molecule has 0 amide bonds. The van der Waals surface area contributed by atoms with Crippen molar-refractivity contribution in [3.8, 4) is 0 Å². The van der Waals surface area contributed by atoms with Crippen molar-refractivity contribution in [1.82, 2.24) is 0 Å². The van der Waals surface area contributed by atoms with Gasteiger partial charge in [0.1, 0.15) is 0 Å². The van der Waals surface area contributed by atoms with Crippen LogP contribution >= 0.6 is 0 Å². The van der Waals surface area contributed by atoms with Gasteiger partial charge in [-0.1, -0.05) is 0 Å². The molecule has 16 heavy (non-hydrogen) atoms. The Morgan fingerprint density at radius 2 is 1.56 bits per heavy atom. The molecule has 0 N–H and O–H groups in total. The Balaban J connectivity index is 2.84. The van der Waals surface area contributed by atoms with Gasteiger partial charge < -0.3 is 0 Å². The Labute approximate surface area is 98.4 Å². The minimum absolute atomic E-state index is 0.0638. The topological polar surface area (TPSA) is 0 Å². The molecule has 0 saturated carbocycles. The van der Waals surface area contributed by atoms with Crippen molar-refractivity contribution < 1.29 is 30.7 Å². The molecule has 1 aliphatic rings. The zero-order valence-electron chi connectivity index (χ0n) is 7.66. The predicted molar refractivity (Wildman–Crippen MR) is 43.5 cm³/mol. The monoisotopic (exact) mass is 439 g/mol. The van der Waals surface area contributed by atoms with Crippen molar-refractivity contribution >= 4 is 24.2 Å². The molecule has 0 saturated heterocycles. The third-order valence-corrected chi connectivity index (χ3v) is 7.87. The van der Waals surface area contributed by atoms with Gasteiger partial charge in [-0.05, 0) is 0 Å². The summed E-state index contributed by atoms with van der Waals surface area (Å²) in [5.74, 6) is -5.92. The fourth-order valence-corrected chi connectivity index (χ4v) is 6.03. The van der Waals surface area contributed by atoms with Gasteiger partial charge in [0.05, 0.1) is 0 Å². The Morgan fingerprint density at radius 3 is 1.94 bits per heavy atom. The Kier molecular flexibility index (Phi) is 3.75. The van der Waals surface area contributed by atoms with E-state index in [0.717, 1.165) is 0 Å². The Bertz CT molecular complexity index is 326. The van der Waals surface area contributed by atoms with Crippen LogP contribution in [0.4, 0.5) is 30.7 Å². The summed E-state index contributed by atoms with van der Waals surface area (Å²) >= 11 is -3.66. The molecule has 0 radical (unpaired) electrons. The molecule has 1 aliphatic carbocycles. The van der Waals surface area contributed by atoms with E-state index in [1.807, 2.05) is 0 Å². The molecule has 0 nitrogen and oxygen atoms in total. The predicted octanol–water partition coefficient (Wildman–Crippen LogP) is 3.32. The van der Waals surface area contributed by atoms with Crippen molar-refractivity contribution in [2.75, 3.05) is 0 Å². The quantitative estimate of drug-likeness (QED) is 0.469. The van der Waals surface area contributed by atoms with E-state index in [0.29, 0.717) is 0 Å². The molecule has 89 valence electrons. The molecule has 0 aromatic carbocycles. The fourth-order valence-electron chi connectivity index (χ4n) is 1.08. The van der Waals surface area contributed by atoms with Crippen molar-refractivity contribution in [3.63, 3.8) is 0 Å². The van der Waals surface area contributed by atoms with E-state index < -0.39 is 39.8 Å². The maximum atomic E-state index is 12.9. The molecule has 0 aromatic heterocycles. The average Bonchev–Trinajstić information content (AvgIpc) is 2.53. The number of rotatable bonds is 3. The van der Waals surface area contributed by atoms with Crippen LogP contribution in [0.1, 0.15) is 6.42 Å². The molecule has 0 fully saturated rings. The van der Waals surface area contributed by atoms with Gasteiger partial charge in [-0.15, -0.1) is 0 Å². The molecule has 0 unspecified atom stereocenters. The summed E-state index contributed by atoms with van der Waals surface area (Å²) < 4.78 is 81.3. The number of allylic oxidation sites excluding steroid dienone is 4. The zero-order valence-corrected chi connectivity index (χ0v) is 12.2. The van der Waals surface area contributed by atoms with E-state index >= 15 is 0 Å². The SMILES string of the molecule is FC(F)(F)C(F)(F)[C](F)(F)[Tl][C]1=CC=CC1. The standard InChI is InChI=1S/C5H5.C3F7.Tl/c1-2-4-5-3-1;4-1(5)2(6,7)3(8,9)10;/h1-3H,4H2;;. The van der Waals surface area contributed by atoms with Gasteiger partial charge in [0.15, 0.2) is 0 Å². The minimum atomic E-state index is -6.19. The zero-order chi connectivity index (χ0) is 12.6. The van der Waals surface area contributed by atoms with Crippen molar-refractivity contribution in [1.29, 1.82) is 0 Å². The van der Waals surface area contributed by atoms with Crippen LogP contribution in [0, 0.1) is 0 Å². The fraction of sp³-hybridized carbons (Fsp3) is 0.500. The molecule has 0 spiro atoms. The van der Waals surface area contributed by atoms with E-state index in [1.54, 1.807) is 0 Å². The van der Waals surface area contributed by atoms with Crippen LogP contribution in [-0.4, -0.2) is 39.8 Å². The van der Waals surface area contributed by atoms with Gasteiger partial charge >= 0.3 is 98.3 Å². The van der Waals surface area contributed by atoms with Crippen LogP contribution < -0.4 is 0 Å². The summed E-state index contributed by atoms with van der Waals surface area (Å²) in [5.41, 5.74) is 0. The number of hydrogen-bond acceptors (Lipinski definition) is 0. The third kappa shape index (κ3) is 2.59. The van der Waals surface area contributed by atoms with Gasteiger partial charge in [0.2, 0.25) is 0 Å². The van der Waals surface area contributed by atoms with Crippen LogP contribution in [0.3, 0.4) is 0 Å². The second kappa shape index (κ2) is 4.30. The number of alkyl halides is 7.